The van der Waals surface area contributed by atoms with E-state index >= 15 is 0 Å². The maximum atomic E-state index is 13.2. The minimum absolute atomic E-state index is 0.0677. The van der Waals surface area contributed by atoms with Gasteiger partial charge in [0.1, 0.15) is 11.6 Å². The molecule has 4 N–H and O–H groups in total. The van der Waals surface area contributed by atoms with Gasteiger partial charge in [-0.3, -0.25) is 4.79 Å². The van der Waals surface area contributed by atoms with Crippen LogP contribution >= 0.6 is 15.9 Å². The Bertz CT molecular complexity index is 659. The first kappa shape index (κ1) is 15.3. The average molecular weight is 353 g/mol. The largest absolute Gasteiger partial charge is 0.508 e. The van der Waals surface area contributed by atoms with Crippen LogP contribution in [0.4, 0.5) is 10.1 Å². The Labute approximate surface area is 129 Å². The van der Waals surface area contributed by atoms with E-state index in [2.05, 4.69) is 21.2 Å². The van der Waals surface area contributed by atoms with Crippen molar-refractivity contribution < 1.29 is 14.3 Å². The zero-order chi connectivity index (χ0) is 15.4. The van der Waals surface area contributed by atoms with Gasteiger partial charge in [0.15, 0.2) is 0 Å². The highest BCUT2D eigenvalue weighted by Gasteiger charge is 2.12. The topological polar surface area (TPSA) is 75.4 Å². The monoisotopic (exact) mass is 352 g/mol. The average Bonchev–Trinajstić information content (AvgIpc) is 2.45. The van der Waals surface area contributed by atoms with Crippen molar-refractivity contribution in [2.75, 3.05) is 12.3 Å². The normalized spacial score (nSPS) is 10.4. The molecule has 0 aliphatic heterocycles. The minimum Gasteiger partial charge on any atom is -0.508 e. The number of hydrogen-bond donors (Lipinski definition) is 3. The molecule has 6 heteroatoms. The third kappa shape index (κ3) is 3.95. The van der Waals surface area contributed by atoms with E-state index in [0.717, 1.165) is 5.56 Å². The minimum atomic E-state index is -0.567. The lowest BCUT2D eigenvalue weighted by molar-refractivity contribution is 0.0953. The number of rotatable bonds is 4. The fourth-order valence-corrected chi connectivity index (χ4v) is 2.31. The Morgan fingerprint density at radius 3 is 2.62 bits per heavy atom. The number of hydrogen-bond acceptors (Lipinski definition) is 3. The maximum Gasteiger partial charge on any atom is 0.252 e. The van der Waals surface area contributed by atoms with Crippen molar-refractivity contribution in [3.05, 3.63) is 57.8 Å². The Morgan fingerprint density at radius 2 is 1.95 bits per heavy atom. The van der Waals surface area contributed by atoms with Gasteiger partial charge < -0.3 is 16.2 Å². The summed E-state index contributed by atoms with van der Waals surface area (Å²) < 4.78 is 13.6. The summed E-state index contributed by atoms with van der Waals surface area (Å²) in [5, 5.41) is 11.9. The molecule has 0 spiro atoms. The molecule has 4 nitrogen and oxygen atoms in total. The zero-order valence-electron chi connectivity index (χ0n) is 11.1. The zero-order valence-corrected chi connectivity index (χ0v) is 12.7. The molecule has 0 fully saturated rings. The summed E-state index contributed by atoms with van der Waals surface area (Å²) in [6.45, 7) is 0.424. The van der Waals surface area contributed by atoms with Gasteiger partial charge >= 0.3 is 0 Å². The van der Waals surface area contributed by atoms with Gasteiger partial charge in [-0.25, -0.2) is 4.39 Å². The lowest BCUT2D eigenvalue weighted by atomic mass is 10.1. The van der Waals surface area contributed by atoms with Gasteiger partial charge in [-0.2, -0.15) is 0 Å². The number of phenolic OH excluding ortho intramolecular Hbond substituents is 1. The molecule has 110 valence electrons. The standard InChI is InChI=1S/C15H14BrFN2O2/c16-12-8-13(17)14(18)7-11(12)15(21)19-6-5-9-1-3-10(20)4-2-9/h1-4,7-8,20H,5-6,18H2,(H,19,21). The number of phenols is 1. The van der Waals surface area contributed by atoms with Crippen LogP contribution in [-0.4, -0.2) is 17.6 Å². The molecule has 0 aromatic heterocycles. The Morgan fingerprint density at radius 1 is 1.29 bits per heavy atom. The van der Waals surface area contributed by atoms with Crippen LogP contribution < -0.4 is 11.1 Å². The molecule has 2 rings (SSSR count). The summed E-state index contributed by atoms with van der Waals surface area (Å²) >= 11 is 3.14. The van der Waals surface area contributed by atoms with Gasteiger partial charge in [-0.15, -0.1) is 0 Å². The molecule has 0 saturated heterocycles. The molecule has 0 saturated carbocycles. The van der Waals surface area contributed by atoms with Crippen LogP contribution in [0.25, 0.3) is 0 Å². The molecule has 0 aliphatic rings. The molecule has 21 heavy (non-hydrogen) atoms. The van der Waals surface area contributed by atoms with Crippen LogP contribution in [0.15, 0.2) is 40.9 Å². The lowest BCUT2D eigenvalue weighted by Crippen LogP contribution is -2.26. The first-order valence-electron chi connectivity index (χ1n) is 6.28. The van der Waals surface area contributed by atoms with Gasteiger partial charge in [-0.05, 0) is 52.2 Å². The molecule has 1 amide bonds. The highest BCUT2D eigenvalue weighted by molar-refractivity contribution is 9.10. The van der Waals surface area contributed by atoms with E-state index in [1.807, 2.05) is 0 Å². The molecular weight excluding hydrogens is 339 g/mol. The van der Waals surface area contributed by atoms with E-state index in [1.165, 1.54) is 12.1 Å². The van der Waals surface area contributed by atoms with Crippen LogP contribution in [0.3, 0.4) is 0 Å². The Kier molecular flexibility index (Phi) is 4.80. The van der Waals surface area contributed by atoms with Crippen molar-refractivity contribution in [3.63, 3.8) is 0 Å². The Hall–Kier alpha value is -2.08. The second-order valence-corrected chi connectivity index (χ2v) is 5.38. The summed E-state index contributed by atoms with van der Waals surface area (Å²) in [5.74, 6) is -0.691. The number of benzene rings is 2. The van der Waals surface area contributed by atoms with Crippen molar-refractivity contribution in [3.8, 4) is 5.75 Å². The van der Waals surface area contributed by atoms with Crippen LogP contribution in [0.1, 0.15) is 15.9 Å². The summed E-state index contributed by atoms with van der Waals surface area (Å²) in [5.41, 5.74) is 6.68. The van der Waals surface area contributed by atoms with Gasteiger partial charge in [-0.1, -0.05) is 12.1 Å². The first-order valence-corrected chi connectivity index (χ1v) is 7.07. The third-order valence-electron chi connectivity index (χ3n) is 2.97. The molecule has 2 aromatic rings. The Balaban J connectivity index is 1.96. The second-order valence-electron chi connectivity index (χ2n) is 4.53. The summed E-state index contributed by atoms with van der Waals surface area (Å²) in [7, 11) is 0. The predicted octanol–water partition coefficient (Wildman–Crippen LogP) is 2.85. The highest BCUT2D eigenvalue weighted by atomic mass is 79.9. The maximum absolute atomic E-state index is 13.2. The molecule has 0 atom stereocenters. The van der Waals surface area contributed by atoms with Crippen LogP contribution in [-0.2, 0) is 6.42 Å². The van der Waals surface area contributed by atoms with Crippen LogP contribution in [0.5, 0.6) is 5.75 Å². The van der Waals surface area contributed by atoms with E-state index in [1.54, 1.807) is 24.3 Å². The molecule has 0 unspecified atom stereocenters. The molecule has 0 radical (unpaired) electrons. The summed E-state index contributed by atoms with van der Waals surface area (Å²) in [6, 6.07) is 9.23. The number of aromatic hydroxyl groups is 1. The van der Waals surface area contributed by atoms with Crippen molar-refractivity contribution in [1.29, 1.82) is 0 Å². The van der Waals surface area contributed by atoms with Crippen molar-refractivity contribution in [2.45, 2.75) is 6.42 Å². The highest BCUT2D eigenvalue weighted by Crippen LogP contribution is 2.22. The van der Waals surface area contributed by atoms with Gasteiger partial charge in [0, 0.05) is 11.0 Å². The fraction of sp³-hybridized carbons (Fsp3) is 0.133. The van der Waals surface area contributed by atoms with E-state index in [4.69, 9.17) is 5.73 Å². The quantitative estimate of drug-likeness (QED) is 0.740. The molecule has 2 aromatic carbocycles. The fourth-order valence-electron chi connectivity index (χ4n) is 1.82. The van der Waals surface area contributed by atoms with Crippen molar-refractivity contribution in [1.82, 2.24) is 5.32 Å². The van der Waals surface area contributed by atoms with E-state index in [9.17, 15) is 14.3 Å². The summed E-state index contributed by atoms with van der Waals surface area (Å²) in [4.78, 5) is 12.0. The van der Waals surface area contributed by atoms with Crippen molar-refractivity contribution >= 4 is 27.5 Å². The smallest absolute Gasteiger partial charge is 0.252 e. The van der Waals surface area contributed by atoms with Gasteiger partial charge in [0.25, 0.3) is 5.91 Å². The lowest BCUT2D eigenvalue weighted by Gasteiger charge is -2.08. The number of anilines is 1. The SMILES string of the molecule is Nc1cc(C(=O)NCCc2ccc(O)cc2)c(Br)cc1F. The van der Waals surface area contributed by atoms with Crippen molar-refractivity contribution in [2.24, 2.45) is 0 Å². The van der Waals surface area contributed by atoms with E-state index in [0.29, 0.717) is 23.0 Å². The van der Waals surface area contributed by atoms with Gasteiger partial charge in [0.2, 0.25) is 0 Å². The summed E-state index contributed by atoms with van der Waals surface area (Å²) in [6.07, 6.45) is 0.625. The number of carbonyl (C=O) groups excluding carboxylic acids is 1. The molecule has 0 heterocycles. The number of amides is 1. The number of halogens is 2. The van der Waals surface area contributed by atoms with Gasteiger partial charge in [0.05, 0.1) is 11.3 Å². The van der Waals surface area contributed by atoms with E-state index < -0.39 is 5.82 Å². The predicted molar refractivity (Wildman–Crippen MR) is 82.7 cm³/mol. The van der Waals surface area contributed by atoms with Crippen LogP contribution in [0, 0.1) is 5.82 Å². The number of carbonyl (C=O) groups is 1. The van der Waals surface area contributed by atoms with Crippen LogP contribution in [0.2, 0.25) is 0 Å². The molecular formula is C15H14BrFN2O2. The number of nitrogen functional groups attached to an aromatic ring is 1. The number of nitrogens with one attached hydrogen (secondary N) is 1. The number of nitrogens with two attached hydrogens (primary N) is 1. The molecule has 0 bridgehead atoms. The van der Waals surface area contributed by atoms with E-state index in [-0.39, 0.29) is 17.3 Å². The second kappa shape index (κ2) is 6.58. The first-order chi connectivity index (χ1) is 9.97. The molecule has 0 aliphatic carbocycles. The third-order valence-corrected chi connectivity index (χ3v) is 3.62.